The predicted octanol–water partition coefficient (Wildman–Crippen LogP) is 4.20. The summed E-state index contributed by atoms with van der Waals surface area (Å²) in [5, 5.41) is 10.7. The fraction of sp³-hybridized carbons (Fsp3) is 0.375. The van der Waals surface area contributed by atoms with Crippen LogP contribution in [0, 0.1) is 13.8 Å². The number of hydrogen-bond acceptors (Lipinski definition) is 5. The molecule has 0 bridgehead atoms. The van der Waals surface area contributed by atoms with Gasteiger partial charge in [-0.3, -0.25) is 9.78 Å². The van der Waals surface area contributed by atoms with E-state index in [-0.39, 0.29) is 24.1 Å². The van der Waals surface area contributed by atoms with Gasteiger partial charge in [-0.1, -0.05) is 6.07 Å². The maximum atomic E-state index is 13.1. The molecule has 1 amide bonds. The van der Waals surface area contributed by atoms with Crippen LogP contribution in [0.1, 0.15) is 54.0 Å². The number of phenolic OH excluding ortho intramolecular Hbond substituents is 1. The van der Waals surface area contributed by atoms with Crippen molar-refractivity contribution in [1.82, 2.24) is 9.88 Å². The van der Waals surface area contributed by atoms with Crippen molar-refractivity contribution in [3.05, 3.63) is 69.3 Å². The molecule has 6 heteroatoms. The molecule has 156 valence electrons. The predicted molar refractivity (Wildman–Crippen MR) is 114 cm³/mol. The average molecular weight is 406 g/mol. The van der Waals surface area contributed by atoms with E-state index in [1.165, 1.54) is 0 Å². The second-order valence-corrected chi connectivity index (χ2v) is 7.96. The van der Waals surface area contributed by atoms with Gasteiger partial charge in [0.1, 0.15) is 11.3 Å². The molecule has 2 aromatic heterocycles. The van der Waals surface area contributed by atoms with E-state index in [1.54, 1.807) is 25.3 Å². The summed E-state index contributed by atoms with van der Waals surface area (Å²) in [6.07, 6.45) is 7.16. The summed E-state index contributed by atoms with van der Waals surface area (Å²) < 4.78 is 5.50. The van der Waals surface area contributed by atoms with Gasteiger partial charge in [-0.05, 0) is 68.9 Å². The second-order valence-electron chi connectivity index (χ2n) is 7.96. The molecule has 1 saturated heterocycles. The van der Waals surface area contributed by atoms with Gasteiger partial charge < -0.3 is 14.4 Å². The smallest absolute Gasteiger partial charge is 0.339 e. The fourth-order valence-electron chi connectivity index (χ4n) is 4.39. The monoisotopic (exact) mass is 406 g/mol. The molecule has 30 heavy (non-hydrogen) atoms. The van der Waals surface area contributed by atoms with E-state index in [0.717, 1.165) is 42.3 Å². The summed E-state index contributed by atoms with van der Waals surface area (Å²) in [7, 11) is 0. The number of phenols is 1. The van der Waals surface area contributed by atoms with Crippen molar-refractivity contribution in [2.24, 2.45) is 0 Å². The van der Waals surface area contributed by atoms with E-state index in [9.17, 15) is 14.7 Å². The number of hydrogen-bond donors (Lipinski definition) is 1. The van der Waals surface area contributed by atoms with Crippen LogP contribution < -0.4 is 5.63 Å². The molecule has 1 aliphatic rings. The SMILES string of the molecule is Cc1c(CCC(=O)N2CCCC[C@H]2c2cccnc2)c(=O)oc2c(C)c(O)ccc12. The first kappa shape index (κ1) is 20.1. The molecule has 3 aromatic rings. The van der Waals surface area contributed by atoms with Crippen LogP contribution in [0.25, 0.3) is 11.0 Å². The van der Waals surface area contributed by atoms with Gasteiger partial charge >= 0.3 is 5.63 Å². The molecule has 1 fully saturated rings. The Bertz CT molecular complexity index is 1140. The molecule has 0 radical (unpaired) electrons. The normalized spacial score (nSPS) is 16.7. The largest absolute Gasteiger partial charge is 0.508 e. The number of pyridine rings is 1. The van der Waals surface area contributed by atoms with Crippen LogP contribution in [0.2, 0.25) is 0 Å². The summed E-state index contributed by atoms with van der Waals surface area (Å²) in [4.78, 5) is 31.8. The Balaban J connectivity index is 1.57. The highest BCUT2D eigenvalue weighted by Gasteiger charge is 2.28. The highest BCUT2D eigenvalue weighted by molar-refractivity contribution is 5.85. The summed E-state index contributed by atoms with van der Waals surface area (Å²) in [5.41, 5.74) is 2.89. The maximum Gasteiger partial charge on any atom is 0.339 e. The van der Waals surface area contributed by atoms with Crippen LogP contribution in [0.3, 0.4) is 0 Å². The summed E-state index contributed by atoms with van der Waals surface area (Å²) in [6, 6.07) is 7.31. The number of aryl methyl sites for hydroxylation is 2. The van der Waals surface area contributed by atoms with Crippen LogP contribution in [0.5, 0.6) is 5.75 Å². The number of aromatic hydroxyl groups is 1. The Labute approximate surface area is 175 Å². The van der Waals surface area contributed by atoms with Gasteiger partial charge in [0.05, 0.1) is 6.04 Å². The minimum absolute atomic E-state index is 0.0414. The molecule has 0 unspecified atom stereocenters. The number of carbonyl (C=O) groups excluding carboxylic acids is 1. The Morgan fingerprint density at radius 1 is 1.23 bits per heavy atom. The minimum atomic E-state index is -0.441. The molecule has 6 nitrogen and oxygen atoms in total. The highest BCUT2D eigenvalue weighted by atomic mass is 16.4. The zero-order valence-electron chi connectivity index (χ0n) is 17.4. The van der Waals surface area contributed by atoms with Gasteiger partial charge in [-0.2, -0.15) is 0 Å². The number of fused-ring (bicyclic) bond motifs is 1. The van der Waals surface area contributed by atoms with E-state index in [2.05, 4.69) is 4.98 Å². The molecule has 1 aromatic carbocycles. The van der Waals surface area contributed by atoms with E-state index in [4.69, 9.17) is 4.42 Å². The topological polar surface area (TPSA) is 83.6 Å². The number of likely N-dealkylation sites (tertiary alicyclic amines) is 1. The van der Waals surface area contributed by atoms with Crippen LogP contribution in [0.15, 0.2) is 45.9 Å². The molecule has 4 rings (SSSR count). The third kappa shape index (κ3) is 3.70. The van der Waals surface area contributed by atoms with E-state index < -0.39 is 5.63 Å². The van der Waals surface area contributed by atoms with E-state index >= 15 is 0 Å². The lowest BCUT2D eigenvalue weighted by atomic mass is 9.95. The first-order chi connectivity index (χ1) is 14.5. The van der Waals surface area contributed by atoms with Gasteiger partial charge in [-0.25, -0.2) is 4.79 Å². The van der Waals surface area contributed by atoms with Crippen LogP contribution in [-0.2, 0) is 11.2 Å². The molecule has 1 atom stereocenters. The summed E-state index contributed by atoms with van der Waals surface area (Å²) in [5.74, 6) is 0.142. The number of piperidine rings is 1. The lowest BCUT2D eigenvalue weighted by Crippen LogP contribution is -2.38. The quantitative estimate of drug-likeness (QED) is 0.657. The van der Waals surface area contributed by atoms with Crippen LogP contribution >= 0.6 is 0 Å². The number of rotatable bonds is 4. The second kappa shape index (κ2) is 8.30. The third-order valence-electron chi connectivity index (χ3n) is 6.16. The molecular weight excluding hydrogens is 380 g/mol. The van der Waals surface area contributed by atoms with Crippen molar-refractivity contribution in [1.29, 1.82) is 0 Å². The van der Waals surface area contributed by atoms with Crippen molar-refractivity contribution >= 4 is 16.9 Å². The van der Waals surface area contributed by atoms with Crippen molar-refractivity contribution in [3.8, 4) is 5.75 Å². The zero-order chi connectivity index (χ0) is 21.3. The molecule has 0 spiro atoms. The van der Waals surface area contributed by atoms with Gasteiger partial charge in [-0.15, -0.1) is 0 Å². The zero-order valence-corrected chi connectivity index (χ0v) is 17.4. The van der Waals surface area contributed by atoms with Crippen molar-refractivity contribution in [3.63, 3.8) is 0 Å². The standard InChI is InChI=1S/C24H26N2O4/c1-15-18-8-10-21(27)16(2)23(18)30-24(29)19(15)9-11-22(28)26-13-4-3-7-20(26)17-6-5-12-25-14-17/h5-6,8,10,12,14,20,27H,3-4,7,9,11,13H2,1-2H3/t20-/m0/s1. The molecular formula is C24H26N2O4. The Morgan fingerprint density at radius 3 is 2.83 bits per heavy atom. The summed E-state index contributed by atoms with van der Waals surface area (Å²) in [6.45, 7) is 4.31. The lowest BCUT2D eigenvalue weighted by molar-refractivity contribution is -0.135. The Morgan fingerprint density at radius 2 is 2.07 bits per heavy atom. The molecule has 0 aliphatic carbocycles. The van der Waals surface area contributed by atoms with Gasteiger partial charge in [0.15, 0.2) is 0 Å². The van der Waals surface area contributed by atoms with Crippen molar-refractivity contribution in [2.45, 2.75) is 52.0 Å². The van der Waals surface area contributed by atoms with Gasteiger partial charge in [0.25, 0.3) is 0 Å². The van der Waals surface area contributed by atoms with Crippen LogP contribution in [-0.4, -0.2) is 27.4 Å². The van der Waals surface area contributed by atoms with E-state index in [0.29, 0.717) is 23.1 Å². The molecule has 3 heterocycles. The third-order valence-corrected chi connectivity index (χ3v) is 6.16. The van der Waals surface area contributed by atoms with E-state index in [1.807, 2.05) is 30.2 Å². The number of aromatic nitrogens is 1. The highest BCUT2D eigenvalue weighted by Crippen LogP contribution is 2.32. The molecule has 0 saturated carbocycles. The molecule has 1 aliphatic heterocycles. The number of nitrogens with zero attached hydrogens (tertiary/aromatic N) is 2. The van der Waals surface area contributed by atoms with Crippen molar-refractivity contribution < 1.29 is 14.3 Å². The van der Waals surface area contributed by atoms with Gasteiger partial charge in [0, 0.05) is 41.9 Å². The lowest BCUT2D eigenvalue weighted by Gasteiger charge is -2.36. The first-order valence-electron chi connectivity index (χ1n) is 10.4. The minimum Gasteiger partial charge on any atom is -0.508 e. The number of benzene rings is 1. The number of carbonyl (C=O) groups is 1. The maximum absolute atomic E-state index is 13.1. The Hall–Kier alpha value is -3.15. The van der Waals surface area contributed by atoms with Crippen molar-refractivity contribution in [2.75, 3.05) is 6.54 Å². The van der Waals surface area contributed by atoms with Crippen LogP contribution in [0.4, 0.5) is 0 Å². The number of amides is 1. The Kier molecular flexibility index (Phi) is 5.57. The van der Waals surface area contributed by atoms with Gasteiger partial charge in [0.2, 0.25) is 5.91 Å². The first-order valence-corrected chi connectivity index (χ1v) is 10.4. The fourth-order valence-corrected chi connectivity index (χ4v) is 4.39. The molecule has 1 N–H and O–H groups in total. The average Bonchev–Trinajstić information content (AvgIpc) is 2.77. The summed E-state index contributed by atoms with van der Waals surface area (Å²) >= 11 is 0.